The normalized spacial score (nSPS) is 19.2. The number of hydrogen-bond acceptors (Lipinski definition) is 5. The topological polar surface area (TPSA) is 59.4 Å². The van der Waals surface area contributed by atoms with E-state index in [1.54, 1.807) is 6.07 Å². The van der Waals surface area contributed by atoms with E-state index >= 15 is 0 Å². The summed E-state index contributed by atoms with van der Waals surface area (Å²) >= 11 is 1.52. The van der Waals surface area contributed by atoms with Crippen LogP contribution in [0, 0.1) is 22.7 Å². The lowest BCUT2D eigenvalue weighted by Gasteiger charge is -2.35. The average molecular weight is 505 g/mol. The molecule has 2 aromatic rings. The molecule has 35 heavy (non-hydrogen) atoms. The van der Waals surface area contributed by atoms with E-state index < -0.39 is 11.7 Å². The first-order chi connectivity index (χ1) is 16.5. The number of nitrogens with one attached hydrogen (secondary N) is 1. The fourth-order valence-electron chi connectivity index (χ4n) is 4.94. The van der Waals surface area contributed by atoms with Crippen LogP contribution in [0.2, 0.25) is 0 Å². The molecule has 2 heterocycles. The van der Waals surface area contributed by atoms with Gasteiger partial charge in [-0.2, -0.15) is 18.4 Å². The zero-order valence-electron chi connectivity index (χ0n) is 20.3. The van der Waals surface area contributed by atoms with Crippen molar-refractivity contribution in [3.8, 4) is 6.07 Å². The summed E-state index contributed by atoms with van der Waals surface area (Å²) in [4.78, 5) is 17.9. The number of carbonyl (C=O) groups excluding carboxylic acids is 1. The van der Waals surface area contributed by atoms with Crippen LogP contribution >= 0.6 is 11.3 Å². The van der Waals surface area contributed by atoms with E-state index in [-0.39, 0.29) is 17.9 Å². The summed E-state index contributed by atoms with van der Waals surface area (Å²) in [5.74, 6) is 0.386. The van der Waals surface area contributed by atoms with Crippen molar-refractivity contribution >= 4 is 27.9 Å². The molecule has 0 radical (unpaired) electrons. The van der Waals surface area contributed by atoms with Crippen molar-refractivity contribution in [3.63, 3.8) is 0 Å². The molecule has 1 unspecified atom stereocenters. The Morgan fingerprint density at radius 3 is 2.54 bits per heavy atom. The number of piperazine rings is 1. The second kappa shape index (κ2) is 9.82. The molecule has 9 heteroatoms. The minimum absolute atomic E-state index is 0.167. The van der Waals surface area contributed by atoms with Crippen LogP contribution in [0.25, 0.3) is 0 Å². The number of nitrogens with zero attached hydrogens (tertiary/aromatic N) is 3. The van der Waals surface area contributed by atoms with Crippen molar-refractivity contribution in [2.24, 2.45) is 11.3 Å². The first-order valence-corrected chi connectivity index (χ1v) is 12.8. The SMILES string of the molecule is CC(C)(C)C1CCc2c(sc(NC(=O)CN3CCN(c4cccc(C(F)(F)F)c4)CC3)c2C#N)C1. The Hall–Kier alpha value is -2.57. The minimum Gasteiger partial charge on any atom is -0.369 e. The van der Waals surface area contributed by atoms with Gasteiger partial charge in [-0.05, 0) is 54.4 Å². The van der Waals surface area contributed by atoms with Gasteiger partial charge >= 0.3 is 6.18 Å². The third-order valence-electron chi connectivity index (χ3n) is 7.13. The second-order valence-corrected chi connectivity index (χ2v) is 11.6. The number of carbonyl (C=O) groups is 1. The Bertz CT molecular complexity index is 1120. The summed E-state index contributed by atoms with van der Waals surface area (Å²) < 4.78 is 39.1. The Morgan fingerprint density at radius 2 is 1.91 bits per heavy atom. The van der Waals surface area contributed by atoms with Crippen LogP contribution in [0.4, 0.5) is 23.9 Å². The minimum atomic E-state index is -4.37. The molecule has 5 nitrogen and oxygen atoms in total. The molecule has 4 rings (SSSR count). The van der Waals surface area contributed by atoms with Crippen molar-refractivity contribution < 1.29 is 18.0 Å². The molecule has 1 N–H and O–H groups in total. The van der Waals surface area contributed by atoms with Gasteiger partial charge in [-0.3, -0.25) is 9.69 Å². The van der Waals surface area contributed by atoms with E-state index in [1.165, 1.54) is 28.3 Å². The van der Waals surface area contributed by atoms with E-state index in [1.807, 2.05) is 9.80 Å². The highest BCUT2D eigenvalue weighted by Gasteiger charge is 2.33. The van der Waals surface area contributed by atoms with Crippen molar-refractivity contribution in [1.29, 1.82) is 5.26 Å². The molecule has 0 bridgehead atoms. The van der Waals surface area contributed by atoms with E-state index in [0.29, 0.717) is 48.3 Å². The van der Waals surface area contributed by atoms with Crippen LogP contribution in [0.3, 0.4) is 0 Å². The lowest BCUT2D eigenvalue weighted by molar-refractivity contribution is -0.137. The molecule has 1 aromatic carbocycles. The molecule has 1 fully saturated rings. The van der Waals surface area contributed by atoms with Crippen molar-refractivity contribution in [1.82, 2.24) is 4.90 Å². The predicted octanol–water partition coefficient (Wildman–Crippen LogP) is 5.55. The summed E-state index contributed by atoms with van der Waals surface area (Å²) in [6.07, 6.45) is -1.52. The molecular formula is C26H31F3N4OS. The summed E-state index contributed by atoms with van der Waals surface area (Å²) in [5.41, 5.74) is 1.77. The highest BCUT2D eigenvalue weighted by atomic mass is 32.1. The van der Waals surface area contributed by atoms with Gasteiger partial charge < -0.3 is 10.2 Å². The van der Waals surface area contributed by atoms with E-state index in [4.69, 9.17) is 0 Å². The monoisotopic (exact) mass is 504 g/mol. The Kier molecular flexibility index (Phi) is 7.16. The van der Waals surface area contributed by atoms with Crippen molar-refractivity contribution in [2.75, 3.05) is 42.9 Å². The van der Waals surface area contributed by atoms with Crippen LogP contribution in [0.5, 0.6) is 0 Å². The lowest BCUT2D eigenvalue weighted by Crippen LogP contribution is -2.48. The fourth-order valence-corrected chi connectivity index (χ4v) is 6.24. The number of anilines is 2. The number of fused-ring (bicyclic) bond motifs is 1. The van der Waals surface area contributed by atoms with Gasteiger partial charge in [0.15, 0.2) is 0 Å². The number of amides is 1. The highest BCUT2D eigenvalue weighted by molar-refractivity contribution is 7.16. The maximum absolute atomic E-state index is 13.0. The first-order valence-electron chi connectivity index (χ1n) is 11.9. The number of alkyl halides is 3. The molecule has 1 saturated heterocycles. The van der Waals surface area contributed by atoms with Crippen LogP contribution in [0.1, 0.15) is 48.8 Å². The first kappa shape index (κ1) is 25.5. The van der Waals surface area contributed by atoms with Gasteiger partial charge in [-0.25, -0.2) is 0 Å². The van der Waals surface area contributed by atoms with Crippen LogP contribution in [-0.4, -0.2) is 43.5 Å². The van der Waals surface area contributed by atoms with Gasteiger partial charge in [0.05, 0.1) is 17.7 Å². The lowest BCUT2D eigenvalue weighted by atomic mass is 9.72. The molecule has 188 valence electrons. The molecule has 0 saturated carbocycles. The maximum atomic E-state index is 13.0. The maximum Gasteiger partial charge on any atom is 0.416 e. The molecule has 2 aliphatic rings. The average Bonchev–Trinajstić information content (AvgIpc) is 3.14. The smallest absolute Gasteiger partial charge is 0.369 e. The predicted molar refractivity (Wildman–Crippen MR) is 133 cm³/mol. The summed E-state index contributed by atoms with van der Waals surface area (Å²) in [6.45, 7) is 9.16. The zero-order valence-corrected chi connectivity index (χ0v) is 21.2. The van der Waals surface area contributed by atoms with Crippen LogP contribution in [-0.2, 0) is 23.8 Å². The van der Waals surface area contributed by atoms with Crippen LogP contribution < -0.4 is 10.2 Å². The number of hydrogen-bond donors (Lipinski definition) is 1. The number of halogens is 3. The quantitative estimate of drug-likeness (QED) is 0.593. The summed E-state index contributed by atoms with van der Waals surface area (Å²) in [5, 5.41) is 13.4. The number of rotatable bonds is 4. The van der Waals surface area contributed by atoms with E-state index in [2.05, 4.69) is 32.2 Å². The molecule has 0 spiro atoms. The van der Waals surface area contributed by atoms with E-state index in [0.717, 1.165) is 30.9 Å². The largest absolute Gasteiger partial charge is 0.416 e. The van der Waals surface area contributed by atoms with E-state index in [9.17, 15) is 23.2 Å². The van der Waals surface area contributed by atoms with Crippen molar-refractivity contribution in [2.45, 2.75) is 46.2 Å². The van der Waals surface area contributed by atoms with Gasteiger partial charge in [0.25, 0.3) is 0 Å². The molecule has 1 atom stereocenters. The zero-order chi connectivity index (χ0) is 25.4. The number of nitriles is 1. The number of thiophene rings is 1. The Morgan fingerprint density at radius 1 is 1.20 bits per heavy atom. The molecule has 1 aliphatic carbocycles. The summed E-state index contributed by atoms with van der Waals surface area (Å²) in [7, 11) is 0. The van der Waals surface area contributed by atoms with Crippen LogP contribution in [0.15, 0.2) is 24.3 Å². The van der Waals surface area contributed by atoms with Gasteiger partial charge in [0, 0.05) is 36.7 Å². The second-order valence-electron chi connectivity index (χ2n) is 10.5. The van der Waals surface area contributed by atoms with Crippen molar-refractivity contribution in [3.05, 3.63) is 45.8 Å². The fraction of sp³-hybridized carbons (Fsp3) is 0.538. The van der Waals surface area contributed by atoms with Gasteiger partial charge in [-0.1, -0.05) is 26.8 Å². The highest BCUT2D eigenvalue weighted by Crippen LogP contribution is 2.44. The molecule has 1 aliphatic heterocycles. The van der Waals surface area contributed by atoms with Gasteiger partial charge in [0.2, 0.25) is 5.91 Å². The number of benzene rings is 1. The Labute approximate surface area is 208 Å². The van der Waals surface area contributed by atoms with Gasteiger partial charge in [0.1, 0.15) is 11.1 Å². The molecule has 1 amide bonds. The Balaban J connectivity index is 1.34. The third kappa shape index (κ3) is 5.81. The summed E-state index contributed by atoms with van der Waals surface area (Å²) in [6, 6.07) is 7.66. The third-order valence-corrected chi connectivity index (χ3v) is 8.30. The molecule has 1 aromatic heterocycles. The standard InChI is InChI=1S/C26H31F3N4OS/c1-25(2,3)17-7-8-20-21(15-30)24(35-22(20)14-17)31-23(34)16-32-9-11-33(12-10-32)19-6-4-5-18(13-19)26(27,28)29/h4-6,13,17H,7-12,14,16H2,1-3H3,(H,31,34). The molecular weight excluding hydrogens is 473 g/mol. The van der Waals surface area contributed by atoms with Gasteiger partial charge in [-0.15, -0.1) is 11.3 Å².